The lowest BCUT2D eigenvalue weighted by Crippen LogP contribution is -1.97. The average Bonchev–Trinajstić information content (AvgIpc) is 3.71. The molecule has 2 aliphatic heterocycles. The average molecular weight is 571 g/mol. The molecule has 0 N–H and O–H groups in total. The molecule has 8 heteroatoms. The zero-order valence-corrected chi connectivity index (χ0v) is 24.3. The summed E-state index contributed by atoms with van der Waals surface area (Å²) in [5.41, 5.74) is 6.69. The Balaban J connectivity index is 1.23. The Hall–Kier alpha value is -4.72. The summed E-state index contributed by atoms with van der Waals surface area (Å²) in [5, 5.41) is 0. The largest absolute Gasteiger partial charge is 0.497 e. The van der Waals surface area contributed by atoms with Crippen molar-refractivity contribution in [1.29, 1.82) is 0 Å². The van der Waals surface area contributed by atoms with Crippen molar-refractivity contribution in [2.75, 3.05) is 42.0 Å². The third-order valence-electron chi connectivity index (χ3n) is 7.58. The predicted molar refractivity (Wildman–Crippen MR) is 158 cm³/mol. The monoisotopic (exact) mass is 570 g/mol. The first kappa shape index (κ1) is 27.4. The second-order valence-corrected chi connectivity index (χ2v) is 10.2. The summed E-state index contributed by atoms with van der Waals surface area (Å²) in [7, 11) is 6.68. The molecule has 42 heavy (non-hydrogen) atoms. The van der Waals surface area contributed by atoms with E-state index in [0.717, 1.165) is 82.1 Å². The van der Waals surface area contributed by atoms with Crippen molar-refractivity contribution >= 4 is 0 Å². The number of hydrogen-bond donors (Lipinski definition) is 0. The van der Waals surface area contributed by atoms with Gasteiger partial charge < -0.3 is 37.9 Å². The van der Waals surface area contributed by atoms with Crippen molar-refractivity contribution < 1.29 is 37.9 Å². The maximum Gasteiger partial charge on any atom is 0.231 e. The smallest absolute Gasteiger partial charge is 0.231 e. The highest BCUT2D eigenvalue weighted by Gasteiger charge is 2.21. The molecule has 6 rings (SSSR count). The summed E-state index contributed by atoms with van der Waals surface area (Å²) in [5.74, 6) is 5.76. The Labute approximate surface area is 245 Å². The minimum Gasteiger partial charge on any atom is -0.497 e. The highest BCUT2D eigenvalue weighted by Crippen LogP contribution is 2.43. The normalized spacial score (nSPS) is 12.8. The molecule has 0 atom stereocenters. The number of fused-ring (bicyclic) bond motifs is 2. The van der Waals surface area contributed by atoms with Crippen molar-refractivity contribution in [2.45, 2.75) is 25.7 Å². The molecule has 0 bridgehead atoms. The van der Waals surface area contributed by atoms with Crippen LogP contribution < -0.4 is 37.9 Å². The van der Waals surface area contributed by atoms with Gasteiger partial charge in [-0.2, -0.15) is 0 Å². The van der Waals surface area contributed by atoms with Crippen molar-refractivity contribution in [3.63, 3.8) is 0 Å². The maximum atomic E-state index is 5.69. The van der Waals surface area contributed by atoms with Gasteiger partial charge in [0.25, 0.3) is 0 Å². The lowest BCUT2D eigenvalue weighted by atomic mass is 9.95. The van der Waals surface area contributed by atoms with Gasteiger partial charge >= 0.3 is 0 Å². The summed E-state index contributed by atoms with van der Waals surface area (Å²) in [6.07, 6.45) is 3.25. The lowest BCUT2D eigenvalue weighted by Gasteiger charge is -2.14. The molecule has 0 aliphatic carbocycles. The van der Waals surface area contributed by atoms with E-state index in [1.807, 2.05) is 24.3 Å². The summed E-state index contributed by atoms with van der Waals surface area (Å²) < 4.78 is 44.7. The minimum atomic E-state index is 0.210. The molecule has 0 saturated heterocycles. The fourth-order valence-corrected chi connectivity index (χ4v) is 5.41. The van der Waals surface area contributed by atoms with Gasteiger partial charge in [0.05, 0.1) is 28.4 Å². The molecule has 2 heterocycles. The van der Waals surface area contributed by atoms with Crippen LogP contribution in [0.25, 0.3) is 11.1 Å². The summed E-state index contributed by atoms with van der Waals surface area (Å²) in [6, 6.07) is 20.8. The fraction of sp³-hybridized carbons (Fsp3) is 0.294. The first-order valence-electron chi connectivity index (χ1n) is 13.9. The van der Waals surface area contributed by atoms with Gasteiger partial charge in [-0.15, -0.1) is 0 Å². The number of rotatable bonds is 11. The van der Waals surface area contributed by atoms with Crippen molar-refractivity contribution in [3.05, 3.63) is 82.9 Å². The zero-order chi connectivity index (χ0) is 29.1. The van der Waals surface area contributed by atoms with Gasteiger partial charge in [0.2, 0.25) is 25.1 Å². The van der Waals surface area contributed by atoms with Gasteiger partial charge in [0.1, 0.15) is 11.5 Å². The van der Waals surface area contributed by atoms with E-state index in [1.54, 1.807) is 28.4 Å². The molecule has 0 fully saturated rings. The van der Waals surface area contributed by atoms with Crippen molar-refractivity contribution in [2.24, 2.45) is 0 Å². The second-order valence-electron chi connectivity index (χ2n) is 10.2. The minimum absolute atomic E-state index is 0.210. The molecule has 4 aromatic carbocycles. The van der Waals surface area contributed by atoms with Gasteiger partial charge in [-0.05, 0) is 108 Å². The third-order valence-corrected chi connectivity index (χ3v) is 7.58. The highest BCUT2D eigenvalue weighted by molar-refractivity contribution is 5.69. The van der Waals surface area contributed by atoms with E-state index < -0.39 is 0 Å². The van der Waals surface area contributed by atoms with E-state index >= 15 is 0 Å². The fourth-order valence-electron chi connectivity index (χ4n) is 5.41. The van der Waals surface area contributed by atoms with Gasteiger partial charge in [-0.1, -0.05) is 12.1 Å². The molecular formula is C34H34O8. The van der Waals surface area contributed by atoms with E-state index in [0.29, 0.717) is 23.0 Å². The van der Waals surface area contributed by atoms with Crippen LogP contribution in [0.5, 0.6) is 46.0 Å². The highest BCUT2D eigenvalue weighted by atomic mass is 16.7. The first-order valence-corrected chi connectivity index (χ1v) is 13.9. The Morgan fingerprint density at radius 2 is 0.857 bits per heavy atom. The Kier molecular flexibility index (Phi) is 7.86. The summed E-state index contributed by atoms with van der Waals surface area (Å²) in [6.45, 7) is 0.420. The van der Waals surface area contributed by atoms with E-state index in [-0.39, 0.29) is 13.6 Å². The quantitative estimate of drug-likeness (QED) is 0.205. The number of hydrogen-bond acceptors (Lipinski definition) is 8. The molecule has 2 aliphatic rings. The first-order chi connectivity index (χ1) is 20.6. The molecule has 0 unspecified atom stereocenters. The Bertz CT molecular complexity index is 1480. The molecule has 4 aromatic rings. The van der Waals surface area contributed by atoms with Crippen LogP contribution in [0.1, 0.15) is 22.3 Å². The van der Waals surface area contributed by atoms with Crippen molar-refractivity contribution in [1.82, 2.24) is 0 Å². The standard InChI is InChI=1S/C34H34O8/c1-35-27-11-21(5-7-23-13-29(37-3)33-31(15-23)39-19-41-33)9-25(17-27)26-10-22(12-28(18-26)36-2)6-8-24-14-30(38-4)34-32(16-24)40-20-42-34/h9-18H,5-8,19-20H2,1-4H3. The van der Waals surface area contributed by atoms with Crippen LogP contribution in [-0.2, 0) is 25.7 Å². The van der Waals surface area contributed by atoms with Crippen LogP contribution in [0.2, 0.25) is 0 Å². The van der Waals surface area contributed by atoms with Crippen LogP contribution in [0.3, 0.4) is 0 Å². The van der Waals surface area contributed by atoms with Crippen molar-refractivity contribution in [3.8, 4) is 57.1 Å². The van der Waals surface area contributed by atoms with Gasteiger partial charge in [0, 0.05) is 0 Å². The topological polar surface area (TPSA) is 73.8 Å². The van der Waals surface area contributed by atoms with E-state index in [9.17, 15) is 0 Å². The molecule has 0 aromatic heterocycles. The number of aryl methyl sites for hydroxylation is 4. The number of ether oxygens (including phenoxy) is 8. The molecule has 218 valence electrons. The second kappa shape index (κ2) is 12.0. The van der Waals surface area contributed by atoms with E-state index in [2.05, 4.69) is 36.4 Å². The van der Waals surface area contributed by atoms with Crippen LogP contribution in [0, 0.1) is 0 Å². The Morgan fingerprint density at radius 1 is 0.452 bits per heavy atom. The SMILES string of the molecule is COc1cc(CCc2cc(OC)c3c(c2)OCO3)cc(-c2cc(CCc3cc(OC)c4c(c3)OCO4)cc(OC)c2)c1. The number of methoxy groups -OCH3 is 4. The maximum absolute atomic E-state index is 5.69. The van der Waals surface area contributed by atoms with E-state index in [1.165, 1.54) is 0 Å². The van der Waals surface area contributed by atoms with Crippen LogP contribution in [0.4, 0.5) is 0 Å². The summed E-state index contributed by atoms with van der Waals surface area (Å²) in [4.78, 5) is 0. The number of benzene rings is 4. The van der Waals surface area contributed by atoms with Gasteiger partial charge in [-0.3, -0.25) is 0 Å². The predicted octanol–water partition coefficient (Wildman–Crippen LogP) is 6.42. The molecule has 0 saturated carbocycles. The van der Waals surface area contributed by atoms with Gasteiger partial charge in [-0.25, -0.2) is 0 Å². The van der Waals surface area contributed by atoms with Crippen LogP contribution >= 0.6 is 0 Å². The molecule has 0 radical (unpaired) electrons. The molecule has 8 nitrogen and oxygen atoms in total. The molecule has 0 spiro atoms. The zero-order valence-electron chi connectivity index (χ0n) is 24.3. The van der Waals surface area contributed by atoms with Crippen LogP contribution in [0.15, 0.2) is 60.7 Å². The van der Waals surface area contributed by atoms with Gasteiger partial charge in [0.15, 0.2) is 23.0 Å². The Morgan fingerprint density at radius 3 is 1.24 bits per heavy atom. The molecular weight excluding hydrogens is 536 g/mol. The third kappa shape index (κ3) is 5.70. The molecule has 0 amide bonds. The van der Waals surface area contributed by atoms with Crippen LogP contribution in [-0.4, -0.2) is 42.0 Å². The summed E-state index contributed by atoms with van der Waals surface area (Å²) >= 11 is 0. The van der Waals surface area contributed by atoms with E-state index in [4.69, 9.17) is 37.9 Å². The lowest BCUT2D eigenvalue weighted by molar-refractivity contribution is 0.171.